The number of rotatable bonds is 2. The molecule has 0 aromatic heterocycles. The predicted octanol–water partition coefficient (Wildman–Crippen LogP) is 2.28. The van der Waals surface area contributed by atoms with Crippen molar-refractivity contribution in [3.63, 3.8) is 0 Å². The molecule has 1 aromatic carbocycles. The van der Waals surface area contributed by atoms with Crippen molar-refractivity contribution in [2.24, 2.45) is 5.14 Å². The topological polar surface area (TPSA) is 26.0 Å². The largest absolute Gasteiger partial charge is 0.277 e. The first-order valence-electron chi connectivity index (χ1n) is 3.81. The Morgan fingerprint density at radius 2 is 1.82 bits per heavy atom. The molecule has 0 bridgehead atoms. The lowest BCUT2D eigenvalue weighted by molar-refractivity contribution is 1.03. The second kappa shape index (κ2) is 2.54. The average molecular weight is 165 g/mol. The minimum atomic E-state index is 0.279. The number of nitrogens with two attached hydrogens (primary N) is 1. The van der Waals surface area contributed by atoms with Crippen molar-refractivity contribution in [3.8, 4) is 0 Å². The molecule has 0 atom stereocenters. The van der Waals surface area contributed by atoms with Crippen LogP contribution in [0.1, 0.15) is 18.4 Å². The van der Waals surface area contributed by atoms with Gasteiger partial charge in [-0.3, -0.25) is 5.14 Å². The van der Waals surface area contributed by atoms with Crippen LogP contribution in [0, 0.1) is 0 Å². The van der Waals surface area contributed by atoms with Crippen molar-refractivity contribution >= 4 is 11.9 Å². The Morgan fingerprint density at radius 1 is 1.18 bits per heavy atom. The third-order valence-corrected chi connectivity index (χ3v) is 3.32. The zero-order chi connectivity index (χ0) is 7.73. The van der Waals surface area contributed by atoms with Crippen LogP contribution >= 0.6 is 11.9 Å². The summed E-state index contributed by atoms with van der Waals surface area (Å²) in [6.45, 7) is 0. The Hall–Kier alpha value is -0.470. The van der Waals surface area contributed by atoms with Gasteiger partial charge in [-0.15, -0.1) is 0 Å². The standard InChI is InChI=1S/C9H11NS/c10-11-9(6-7-9)8-4-2-1-3-5-8/h1-5H,6-7,10H2. The molecule has 2 heteroatoms. The van der Waals surface area contributed by atoms with E-state index in [4.69, 9.17) is 5.14 Å². The predicted molar refractivity (Wildman–Crippen MR) is 49.1 cm³/mol. The van der Waals surface area contributed by atoms with Gasteiger partial charge < -0.3 is 0 Å². The highest BCUT2D eigenvalue weighted by Crippen LogP contribution is 2.54. The maximum atomic E-state index is 5.62. The van der Waals surface area contributed by atoms with Gasteiger partial charge in [0.05, 0.1) is 4.75 Å². The Bertz CT molecular complexity index is 241. The van der Waals surface area contributed by atoms with Gasteiger partial charge in [-0.2, -0.15) is 0 Å². The maximum Gasteiger partial charge on any atom is 0.0552 e. The Labute approximate surface area is 71.1 Å². The van der Waals surface area contributed by atoms with Crippen LogP contribution in [0.3, 0.4) is 0 Å². The first kappa shape index (κ1) is 7.19. The van der Waals surface area contributed by atoms with Gasteiger partial charge in [-0.1, -0.05) is 42.3 Å². The summed E-state index contributed by atoms with van der Waals surface area (Å²) in [7, 11) is 0. The summed E-state index contributed by atoms with van der Waals surface area (Å²) < 4.78 is 0.279. The van der Waals surface area contributed by atoms with E-state index in [1.807, 2.05) is 6.07 Å². The fourth-order valence-electron chi connectivity index (χ4n) is 1.33. The lowest BCUT2D eigenvalue weighted by Crippen LogP contribution is -2.03. The van der Waals surface area contributed by atoms with E-state index in [2.05, 4.69) is 24.3 Å². The van der Waals surface area contributed by atoms with Crippen LogP contribution in [0.15, 0.2) is 30.3 Å². The van der Waals surface area contributed by atoms with E-state index >= 15 is 0 Å². The Balaban J connectivity index is 2.30. The zero-order valence-electron chi connectivity index (χ0n) is 6.29. The van der Waals surface area contributed by atoms with Crippen LogP contribution < -0.4 is 5.14 Å². The number of benzene rings is 1. The second-order valence-electron chi connectivity index (χ2n) is 2.98. The first-order valence-corrected chi connectivity index (χ1v) is 4.69. The van der Waals surface area contributed by atoms with Crippen LogP contribution in [0.4, 0.5) is 0 Å². The molecule has 1 nitrogen and oxygen atoms in total. The summed E-state index contributed by atoms with van der Waals surface area (Å²) in [5.41, 5.74) is 1.38. The van der Waals surface area contributed by atoms with Gasteiger partial charge in [0.1, 0.15) is 0 Å². The van der Waals surface area contributed by atoms with Gasteiger partial charge in [-0.25, -0.2) is 0 Å². The summed E-state index contributed by atoms with van der Waals surface area (Å²) in [5, 5.41) is 5.62. The third kappa shape index (κ3) is 1.17. The van der Waals surface area contributed by atoms with E-state index < -0.39 is 0 Å². The fourth-order valence-corrected chi connectivity index (χ4v) is 1.94. The van der Waals surface area contributed by atoms with Crippen LogP contribution in [0.2, 0.25) is 0 Å². The van der Waals surface area contributed by atoms with E-state index in [9.17, 15) is 0 Å². The quantitative estimate of drug-likeness (QED) is 0.680. The van der Waals surface area contributed by atoms with Crippen LogP contribution in [-0.2, 0) is 4.75 Å². The molecule has 1 aliphatic carbocycles. The molecule has 2 rings (SSSR count). The van der Waals surface area contributed by atoms with E-state index in [1.54, 1.807) is 0 Å². The summed E-state index contributed by atoms with van der Waals surface area (Å²) in [6, 6.07) is 10.5. The van der Waals surface area contributed by atoms with Gasteiger partial charge in [0, 0.05) is 0 Å². The van der Waals surface area contributed by atoms with Gasteiger partial charge >= 0.3 is 0 Å². The van der Waals surface area contributed by atoms with E-state index in [0.29, 0.717) is 0 Å². The monoisotopic (exact) mass is 165 g/mol. The van der Waals surface area contributed by atoms with Crippen molar-refractivity contribution in [3.05, 3.63) is 35.9 Å². The average Bonchev–Trinajstić information content (AvgIpc) is 2.86. The van der Waals surface area contributed by atoms with Crippen molar-refractivity contribution in [1.82, 2.24) is 0 Å². The molecule has 0 radical (unpaired) electrons. The summed E-state index contributed by atoms with van der Waals surface area (Å²) in [6.07, 6.45) is 2.47. The number of hydrogen-bond acceptors (Lipinski definition) is 2. The van der Waals surface area contributed by atoms with Crippen molar-refractivity contribution in [1.29, 1.82) is 0 Å². The van der Waals surface area contributed by atoms with Crippen molar-refractivity contribution in [2.45, 2.75) is 17.6 Å². The third-order valence-electron chi connectivity index (χ3n) is 2.23. The molecular formula is C9H11NS. The second-order valence-corrected chi connectivity index (χ2v) is 4.00. The fraction of sp³-hybridized carbons (Fsp3) is 0.333. The minimum absolute atomic E-state index is 0.279. The Morgan fingerprint density at radius 3 is 2.27 bits per heavy atom. The number of hydrogen-bond donors (Lipinski definition) is 1. The molecule has 0 saturated heterocycles. The normalized spacial score (nSPS) is 19.7. The van der Waals surface area contributed by atoms with Crippen LogP contribution in [-0.4, -0.2) is 0 Å². The van der Waals surface area contributed by atoms with Gasteiger partial charge in [0.25, 0.3) is 0 Å². The molecule has 0 unspecified atom stereocenters. The van der Waals surface area contributed by atoms with E-state index in [0.717, 1.165) is 0 Å². The van der Waals surface area contributed by atoms with Gasteiger partial charge in [-0.05, 0) is 18.4 Å². The molecular weight excluding hydrogens is 154 g/mol. The first-order chi connectivity index (χ1) is 5.37. The molecule has 0 heterocycles. The van der Waals surface area contributed by atoms with E-state index in [1.165, 1.54) is 30.4 Å². The molecule has 1 fully saturated rings. The highest BCUT2D eigenvalue weighted by atomic mass is 32.2. The molecule has 58 valence electrons. The smallest absolute Gasteiger partial charge is 0.0552 e. The van der Waals surface area contributed by atoms with E-state index in [-0.39, 0.29) is 4.75 Å². The summed E-state index contributed by atoms with van der Waals surface area (Å²) in [4.78, 5) is 0. The summed E-state index contributed by atoms with van der Waals surface area (Å²) >= 11 is 1.49. The molecule has 0 spiro atoms. The highest BCUT2D eigenvalue weighted by Gasteiger charge is 2.44. The van der Waals surface area contributed by atoms with Crippen LogP contribution in [0.25, 0.3) is 0 Å². The molecule has 2 N–H and O–H groups in total. The van der Waals surface area contributed by atoms with Crippen molar-refractivity contribution < 1.29 is 0 Å². The molecule has 0 amide bonds. The maximum absolute atomic E-state index is 5.62. The Kier molecular flexibility index (Phi) is 1.66. The van der Waals surface area contributed by atoms with Gasteiger partial charge in [0.15, 0.2) is 0 Å². The highest BCUT2D eigenvalue weighted by molar-refractivity contribution is 7.98. The molecule has 11 heavy (non-hydrogen) atoms. The van der Waals surface area contributed by atoms with Gasteiger partial charge in [0.2, 0.25) is 0 Å². The molecule has 0 aliphatic heterocycles. The SMILES string of the molecule is NSC1(c2ccccc2)CC1. The summed E-state index contributed by atoms with van der Waals surface area (Å²) in [5.74, 6) is 0. The zero-order valence-corrected chi connectivity index (χ0v) is 7.10. The lowest BCUT2D eigenvalue weighted by atomic mass is 10.1. The van der Waals surface area contributed by atoms with Crippen LogP contribution in [0.5, 0.6) is 0 Å². The lowest BCUT2D eigenvalue weighted by Gasteiger charge is -2.10. The van der Waals surface area contributed by atoms with Crippen molar-refractivity contribution in [2.75, 3.05) is 0 Å². The molecule has 1 aliphatic rings. The molecule has 1 saturated carbocycles. The minimum Gasteiger partial charge on any atom is -0.277 e. The molecule has 1 aromatic rings.